The molecule has 35 heavy (non-hydrogen) atoms. The fourth-order valence-electron chi connectivity index (χ4n) is 3.88. The largest absolute Gasteiger partial charge is 0.489 e. The molecule has 0 bridgehead atoms. The van der Waals surface area contributed by atoms with E-state index in [0.29, 0.717) is 23.8 Å². The number of esters is 1. The van der Waals surface area contributed by atoms with Crippen LogP contribution in [0.5, 0.6) is 5.75 Å². The second kappa shape index (κ2) is 10.1. The van der Waals surface area contributed by atoms with Crippen LogP contribution in [-0.4, -0.2) is 26.2 Å². The van der Waals surface area contributed by atoms with Crippen LogP contribution in [-0.2, 0) is 22.7 Å². The summed E-state index contributed by atoms with van der Waals surface area (Å²) in [6.07, 6.45) is 0. The van der Waals surface area contributed by atoms with Crippen molar-refractivity contribution in [3.05, 3.63) is 111 Å². The number of fused-ring (bicyclic) bond motifs is 1. The van der Waals surface area contributed by atoms with Crippen LogP contribution in [0.3, 0.4) is 0 Å². The Morgan fingerprint density at radius 2 is 1.69 bits per heavy atom. The van der Waals surface area contributed by atoms with Gasteiger partial charge in [-0.25, -0.2) is 4.79 Å². The summed E-state index contributed by atoms with van der Waals surface area (Å²) in [5.74, 6) is 0.750. The van der Waals surface area contributed by atoms with E-state index in [2.05, 4.69) is 36.8 Å². The van der Waals surface area contributed by atoms with Gasteiger partial charge in [-0.05, 0) is 58.3 Å². The van der Waals surface area contributed by atoms with E-state index in [-0.39, 0.29) is 6.61 Å². The third kappa shape index (κ3) is 5.09. The second-order valence-electron chi connectivity index (χ2n) is 8.06. The molecule has 2 heterocycles. The number of halogens is 1. The van der Waals surface area contributed by atoms with Crippen LogP contribution in [0.4, 0.5) is 5.95 Å². The summed E-state index contributed by atoms with van der Waals surface area (Å²) in [5, 5.41) is 15.0. The maximum absolute atomic E-state index is 13.2. The smallest absolute Gasteiger partial charge is 0.338 e. The van der Waals surface area contributed by atoms with E-state index in [9.17, 15) is 4.79 Å². The number of hydrogen-bond acceptors (Lipinski definition) is 7. The molecule has 1 aliphatic rings. The Balaban J connectivity index is 1.36. The van der Waals surface area contributed by atoms with Gasteiger partial charge >= 0.3 is 5.97 Å². The Kier molecular flexibility index (Phi) is 6.58. The number of nitrogens with zero attached hydrogens (tertiary/aromatic N) is 4. The molecular formula is C26H22BrN5O3. The third-order valence-corrected chi connectivity index (χ3v) is 6.19. The molecule has 3 aromatic carbocycles. The Morgan fingerprint density at radius 3 is 2.43 bits per heavy atom. The molecule has 5 rings (SSSR count). The molecule has 0 fully saturated rings. The lowest BCUT2D eigenvalue weighted by Crippen LogP contribution is -2.29. The molecular weight excluding hydrogens is 510 g/mol. The Morgan fingerprint density at radius 1 is 0.971 bits per heavy atom. The van der Waals surface area contributed by atoms with Gasteiger partial charge in [0, 0.05) is 10.2 Å². The SMILES string of the molecule is CC1=C(C(=O)OCc2ccccc2)C(c2ccc(OCc3ccc(Br)cc3)cc2)n2nnnc2N1. The maximum atomic E-state index is 13.2. The van der Waals surface area contributed by atoms with Crippen molar-refractivity contribution in [2.24, 2.45) is 0 Å². The normalized spacial score (nSPS) is 14.7. The molecule has 0 aliphatic carbocycles. The van der Waals surface area contributed by atoms with E-state index in [1.807, 2.05) is 85.8 Å². The number of rotatable bonds is 7. The molecule has 0 amide bonds. The van der Waals surface area contributed by atoms with E-state index < -0.39 is 12.0 Å². The molecule has 0 saturated carbocycles. The highest BCUT2D eigenvalue weighted by Crippen LogP contribution is 2.35. The first kappa shape index (κ1) is 22.8. The number of ether oxygens (including phenoxy) is 2. The van der Waals surface area contributed by atoms with Gasteiger partial charge in [0.1, 0.15) is 25.0 Å². The van der Waals surface area contributed by atoms with Crippen LogP contribution in [0.25, 0.3) is 0 Å². The van der Waals surface area contributed by atoms with Crippen molar-refractivity contribution in [1.29, 1.82) is 0 Å². The zero-order chi connectivity index (χ0) is 24.2. The topological polar surface area (TPSA) is 91.2 Å². The number of aromatic nitrogens is 4. The highest BCUT2D eigenvalue weighted by Gasteiger charge is 2.35. The number of benzene rings is 3. The van der Waals surface area contributed by atoms with Crippen molar-refractivity contribution in [3.8, 4) is 5.75 Å². The number of nitrogens with one attached hydrogen (secondary N) is 1. The summed E-state index contributed by atoms with van der Waals surface area (Å²) in [6, 6.07) is 24.6. The van der Waals surface area contributed by atoms with Gasteiger partial charge in [0.05, 0.1) is 5.57 Å². The lowest BCUT2D eigenvalue weighted by molar-refractivity contribution is -0.140. The van der Waals surface area contributed by atoms with E-state index >= 15 is 0 Å². The summed E-state index contributed by atoms with van der Waals surface area (Å²) in [6.45, 7) is 2.45. The van der Waals surface area contributed by atoms with Gasteiger partial charge in [-0.2, -0.15) is 4.68 Å². The van der Waals surface area contributed by atoms with E-state index in [4.69, 9.17) is 9.47 Å². The van der Waals surface area contributed by atoms with Crippen molar-refractivity contribution >= 4 is 27.8 Å². The Bertz CT molecular complexity index is 1350. The minimum Gasteiger partial charge on any atom is -0.489 e. The fraction of sp³-hybridized carbons (Fsp3) is 0.154. The van der Waals surface area contributed by atoms with Crippen molar-refractivity contribution in [2.75, 3.05) is 5.32 Å². The first-order valence-electron chi connectivity index (χ1n) is 11.0. The zero-order valence-corrected chi connectivity index (χ0v) is 20.5. The summed E-state index contributed by atoms with van der Waals surface area (Å²) < 4.78 is 14.2. The van der Waals surface area contributed by atoms with Crippen LogP contribution >= 0.6 is 15.9 Å². The van der Waals surface area contributed by atoms with Crippen LogP contribution in [0.15, 0.2) is 94.6 Å². The molecule has 1 aliphatic heterocycles. The number of tetrazole rings is 1. The van der Waals surface area contributed by atoms with Gasteiger partial charge in [-0.1, -0.05) is 75.6 Å². The van der Waals surface area contributed by atoms with E-state index in [1.54, 1.807) is 4.68 Å². The first-order valence-corrected chi connectivity index (χ1v) is 11.8. The second-order valence-corrected chi connectivity index (χ2v) is 8.97. The van der Waals surface area contributed by atoms with E-state index in [0.717, 1.165) is 26.9 Å². The lowest BCUT2D eigenvalue weighted by atomic mass is 9.95. The molecule has 0 spiro atoms. The molecule has 8 nitrogen and oxygen atoms in total. The lowest BCUT2D eigenvalue weighted by Gasteiger charge is -2.27. The third-order valence-electron chi connectivity index (χ3n) is 5.66. The summed E-state index contributed by atoms with van der Waals surface area (Å²) in [7, 11) is 0. The highest BCUT2D eigenvalue weighted by molar-refractivity contribution is 9.10. The molecule has 176 valence electrons. The van der Waals surface area contributed by atoms with Gasteiger partial charge in [0.15, 0.2) is 0 Å². The summed E-state index contributed by atoms with van der Waals surface area (Å²) in [5.41, 5.74) is 3.91. The van der Waals surface area contributed by atoms with Crippen molar-refractivity contribution in [1.82, 2.24) is 20.2 Å². The predicted molar refractivity (Wildman–Crippen MR) is 133 cm³/mol. The van der Waals surface area contributed by atoms with Crippen molar-refractivity contribution in [2.45, 2.75) is 26.2 Å². The quantitative estimate of drug-likeness (QED) is 0.333. The molecule has 1 N–H and O–H groups in total. The van der Waals surface area contributed by atoms with Crippen LogP contribution in [0.1, 0.15) is 29.7 Å². The molecule has 1 aromatic heterocycles. The van der Waals surface area contributed by atoms with Crippen LogP contribution < -0.4 is 10.1 Å². The predicted octanol–water partition coefficient (Wildman–Crippen LogP) is 5.05. The molecule has 1 atom stereocenters. The van der Waals surface area contributed by atoms with Crippen molar-refractivity contribution in [3.63, 3.8) is 0 Å². The average Bonchev–Trinajstić information content (AvgIpc) is 3.35. The molecule has 0 saturated heterocycles. The minimum atomic E-state index is -0.537. The van der Waals surface area contributed by atoms with Crippen molar-refractivity contribution < 1.29 is 14.3 Å². The van der Waals surface area contributed by atoms with Gasteiger partial charge in [-0.15, -0.1) is 0 Å². The maximum Gasteiger partial charge on any atom is 0.338 e. The fourth-order valence-corrected chi connectivity index (χ4v) is 4.14. The standard InChI is InChI=1S/C26H22BrN5O3/c1-17-23(25(33)35-16-18-5-3-2-4-6-18)24(32-26(28-17)29-30-31-32)20-9-13-22(14-10-20)34-15-19-7-11-21(27)12-8-19/h2-14,24H,15-16H2,1H3,(H,28,29,31). The van der Waals surface area contributed by atoms with Gasteiger partial charge in [0.25, 0.3) is 0 Å². The highest BCUT2D eigenvalue weighted by atomic mass is 79.9. The summed E-state index contributed by atoms with van der Waals surface area (Å²) >= 11 is 3.44. The zero-order valence-electron chi connectivity index (χ0n) is 18.9. The van der Waals surface area contributed by atoms with Gasteiger partial charge < -0.3 is 14.8 Å². The van der Waals surface area contributed by atoms with Crippen LogP contribution in [0.2, 0.25) is 0 Å². The molecule has 4 aromatic rings. The Labute approximate surface area is 210 Å². The number of anilines is 1. The number of carbonyl (C=O) groups excluding carboxylic acids is 1. The monoisotopic (exact) mass is 531 g/mol. The number of carbonyl (C=O) groups is 1. The number of hydrogen-bond donors (Lipinski definition) is 1. The minimum absolute atomic E-state index is 0.175. The first-order chi connectivity index (χ1) is 17.1. The van der Waals surface area contributed by atoms with Gasteiger partial charge in [0.2, 0.25) is 5.95 Å². The number of allylic oxidation sites excluding steroid dienone is 1. The molecule has 9 heteroatoms. The van der Waals surface area contributed by atoms with Crippen LogP contribution in [0, 0.1) is 0 Å². The summed E-state index contributed by atoms with van der Waals surface area (Å²) in [4.78, 5) is 13.2. The Hall–Kier alpha value is -3.98. The molecule has 1 unspecified atom stereocenters. The molecule has 0 radical (unpaired) electrons. The van der Waals surface area contributed by atoms with Gasteiger partial charge in [-0.3, -0.25) is 0 Å². The van der Waals surface area contributed by atoms with E-state index in [1.165, 1.54) is 0 Å². The average molecular weight is 532 g/mol.